The van der Waals surface area contributed by atoms with Crippen LogP contribution in [0, 0.1) is 0 Å². The molecule has 0 aliphatic rings. The summed E-state index contributed by atoms with van der Waals surface area (Å²) in [7, 11) is 1.64. The number of carboxylic acid groups (broad SMARTS) is 1. The number of benzene rings is 1. The van der Waals surface area contributed by atoms with Gasteiger partial charge in [-0.15, -0.1) is 0 Å². The fraction of sp³-hybridized carbons (Fsp3) is 0.231. The van der Waals surface area contributed by atoms with Gasteiger partial charge in [0.2, 0.25) is 0 Å². The topological polar surface area (TPSA) is 59.3 Å². The highest BCUT2D eigenvalue weighted by Crippen LogP contribution is 2.19. The highest BCUT2D eigenvalue weighted by molar-refractivity contribution is 6.04. The van der Waals surface area contributed by atoms with Crippen molar-refractivity contribution < 1.29 is 9.90 Å². The first-order valence-electron chi connectivity index (χ1n) is 5.40. The second-order valence-electron chi connectivity index (χ2n) is 3.96. The number of nitrogens with zero attached hydrogens (tertiary/aromatic N) is 1. The maximum absolute atomic E-state index is 12.0. The van der Waals surface area contributed by atoms with Gasteiger partial charge in [-0.1, -0.05) is 19.1 Å². The number of pyridine rings is 1. The Morgan fingerprint density at radius 2 is 2.12 bits per heavy atom. The Bertz CT molecular complexity index is 655. The Kier molecular flexibility index (Phi) is 2.71. The van der Waals surface area contributed by atoms with Gasteiger partial charge in [-0.05, 0) is 23.4 Å². The number of hydrogen-bond donors (Lipinski definition) is 1. The standard InChI is InChI=1S/C13H13NO3/c1-3-8-7-14(2)12(15)11-9(8)5-4-6-10(11)13(16)17/h4-7H,3H2,1-2H3,(H,16,17). The zero-order valence-electron chi connectivity index (χ0n) is 9.73. The van der Waals surface area contributed by atoms with E-state index >= 15 is 0 Å². The predicted octanol–water partition coefficient (Wildman–Crippen LogP) is 1.80. The van der Waals surface area contributed by atoms with Gasteiger partial charge in [0.05, 0.1) is 10.9 Å². The first kappa shape index (κ1) is 11.4. The average Bonchev–Trinajstić information content (AvgIpc) is 2.32. The monoisotopic (exact) mass is 231 g/mol. The van der Waals surface area contributed by atoms with Crippen molar-refractivity contribution in [3.8, 4) is 0 Å². The molecule has 0 aliphatic carbocycles. The number of carboxylic acids is 1. The van der Waals surface area contributed by atoms with Crippen molar-refractivity contribution in [1.82, 2.24) is 4.57 Å². The quantitative estimate of drug-likeness (QED) is 0.857. The van der Waals surface area contributed by atoms with Crippen LogP contribution in [0.2, 0.25) is 0 Å². The molecule has 17 heavy (non-hydrogen) atoms. The van der Waals surface area contributed by atoms with E-state index in [1.807, 2.05) is 6.92 Å². The summed E-state index contributed by atoms with van der Waals surface area (Å²) in [4.78, 5) is 23.2. The van der Waals surface area contributed by atoms with Gasteiger partial charge in [0.15, 0.2) is 0 Å². The number of carbonyl (C=O) groups is 1. The van der Waals surface area contributed by atoms with E-state index in [1.54, 1.807) is 25.4 Å². The summed E-state index contributed by atoms with van der Waals surface area (Å²) in [6.07, 6.45) is 2.52. The Hall–Kier alpha value is -2.10. The molecule has 0 radical (unpaired) electrons. The Labute approximate surface area is 98.1 Å². The van der Waals surface area contributed by atoms with Gasteiger partial charge in [-0.25, -0.2) is 4.79 Å². The molecule has 1 aromatic heterocycles. The Balaban J connectivity index is 3.03. The van der Waals surface area contributed by atoms with Crippen LogP contribution in [0.1, 0.15) is 22.8 Å². The van der Waals surface area contributed by atoms with Crippen LogP contribution in [0.25, 0.3) is 10.8 Å². The largest absolute Gasteiger partial charge is 0.478 e. The predicted molar refractivity (Wildman–Crippen MR) is 65.5 cm³/mol. The van der Waals surface area contributed by atoms with Gasteiger partial charge in [-0.3, -0.25) is 4.79 Å². The fourth-order valence-electron chi connectivity index (χ4n) is 2.05. The van der Waals surface area contributed by atoms with E-state index < -0.39 is 5.97 Å². The molecule has 0 amide bonds. The summed E-state index contributed by atoms with van der Waals surface area (Å²) in [6.45, 7) is 1.98. The number of aromatic carboxylic acids is 1. The molecule has 88 valence electrons. The normalized spacial score (nSPS) is 10.7. The highest BCUT2D eigenvalue weighted by Gasteiger charge is 2.14. The lowest BCUT2D eigenvalue weighted by Gasteiger charge is -2.09. The molecule has 1 heterocycles. The van der Waals surface area contributed by atoms with Crippen LogP contribution in [0.3, 0.4) is 0 Å². The van der Waals surface area contributed by atoms with E-state index in [9.17, 15) is 9.59 Å². The summed E-state index contributed by atoms with van der Waals surface area (Å²) in [5.41, 5.74) is 0.777. The average molecular weight is 231 g/mol. The highest BCUT2D eigenvalue weighted by atomic mass is 16.4. The molecule has 2 rings (SSSR count). The minimum absolute atomic E-state index is 0.0680. The van der Waals surface area contributed by atoms with Crippen LogP contribution < -0.4 is 5.56 Å². The smallest absolute Gasteiger partial charge is 0.336 e. The number of fused-ring (bicyclic) bond motifs is 1. The lowest BCUT2D eigenvalue weighted by molar-refractivity contribution is 0.0699. The van der Waals surface area contributed by atoms with Crippen LogP contribution in [0.5, 0.6) is 0 Å². The molecule has 0 unspecified atom stereocenters. The minimum Gasteiger partial charge on any atom is -0.478 e. The second-order valence-corrected chi connectivity index (χ2v) is 3.96. The number of aromatic nitrogens is 1. The molecule has 1 N–H and O–H groups in total. The van der Waals surface area contributed by atoms with Gasteiger partial charge in [0, 0.05) is 13.2 Å². The molecule has 0 fully saturated rings. The van der Waals surface area contributed by atoms with E-state index in [1.165, 1.54) is 10.6 Å². The van der Waals surface area contributed by atoms with Crippen molar-refractivity contribution in [2.24, 2.45) is 7.05 Å². The van der Waals surface area contributed by atoms with Crippen LogP contribution >= 0.6 is 0 Å². The first-order valence-corrected chi connectivity index (χ1v) is 5.40. The van der Waals surface area contributed by atoms with E-state index in [2.05, 4.69) is 0 Å². The molecular formula is C13H13NO3. The molecule has 0 aliphatic heterocycles. The van der Waals surface area contributed by atoms with Gasteiger partial charge in [0.25, 0.3) is 5.56 Å². The van der Waals surface area contributed by atoms with Crippen molar-refractivity contribution >= 4 is 16.7 Å². The lowest BCUT2D eigenvalue weighted by atomic mass is 10.0. The molecule has 4 nitrogen and oxygen atoms in total. The van der Waals surface area contributed by atoms with Crippen molar-refractivity contribution in [3.63, 3.8) is 0 Å². The third kappa shape index (κ3) is 1.71. The molecule has 0 atom stereocenters. The van der Waals surface area contributed by atoms with E-state index in [4.69, 9.17) is 5.11 Å². The van der Waals surface area contributed by atoms with E-state index in [0.29, 0.717) is 5.39 Å². The summed E-state index contributed by atoms with van der Waals surface area (Å²) >= 11 is 0. The molecule has 0 spiro atoms. The molecular weight excluding hydrogens is 218 g/mol. The summed E-state index contributed by atoms with van der Waals surface area (Å²) in [6, 6.07) is 4.93. The maximum Gasteiger partial charge on any atom is 0.336 e. The van der Waals surface area contributed by atoms with Gasteiger partial charge in [0.1, 0.15) is 0 Å². The van der Waals surface area contributed by atoms with Crippen LogP contribution in [0.4, 0.5) is 0 Å². The minimum atomic E-state index is -1.07. The molecule has 0 bridgehead atoms. The van der Waals surface area contributed by atoms with Gasteiger partial charge >= 0.3 is 5.97 Å². The number of hydrogen-bond acceptors (Lipinski definition) is 2. The summed E-state index contributed by atoms with van der Waals surface area (Å²) < 4.78 is 1.44. The van der Waals surface area contributed by atoms with Crippen molar-refractivity contribution in [2.45, 2.75) is 13.3 Å². The summed E-state index contributed by atoms with van der Waals surface area (Å²) in [5, 5.41) is 10.1. The fourth-order valence-corrected chi connectivity index (χ4v) is 2.05. The van der Waals surface area contributed by atoms with E-state index in [-0.39, 0.29) is 11.1 Å². The van der Waals surface area contributed by atoms with Crippen molar-refractivity contribution in [3.05, 3.63) is 45.9 Å². The van der Waals surface area contributed by atoms with Crippen LogP contribution in [-0.4, -0.2) is 15.6 Å². The number of aryl methyl sites for hydroxylation is 2. The number of rotatable bonds is 2. The first-order chi connectivity index (χ1) is 8.06. The third-order valence-electron chi connectivity index (χ3n) is 2.91. The molecule has 1 aromatic carbocycles. The maximum atomic E-state index is 12.0. The molecule has 0 saturated heterocycles. The third-order valence-corrected chi connectivity index (χ3v) is 2.91. The van der Waals surface area contributed by atoms with Gasteiger partial charge < -0.3 is 9.67 Å². The molecule has 0 saturated carbocycles. The SMILES string of the molecule is CCc1cn(C)c(=O)c2c(C(=O)O)cccc12. The Morgan fingerprint density at radius 3 is 2.71 bits per heavy atom. The molecule has 4 heteroatoms. The van der Waals surface area contributed by atoms with Crippen molar-refractivity contribution in [1.29, 1.82) is 0 Å². The summed E-state index contributed by atoms with van der Waals surface area (Å²) in [5.74, 6) is -1.07. The van der Waals surface area contributed by atoms with Crippen LogP contribution in [-0.2, 0) is 13.5 Å². The molecule has 2 aromatic rings. The Morgan fingerprint density at radius 1 is 1.41 bits per heavy atom. The van der Waals surface area contributed by atoms with Crippen molar-refractivity contribution in [2.75, 3.05) is 0 Å². The zero-order valence-corrected chi connectivity index (χ0v) is 9.73. The van der Waals surface area contributed by atoms with Gasteiger partial charge in [-0.2, -0.15) is 0 Å². The second kappa shape index (κ2) is 4.05. The van der Waals surface area contributed by atoms with E-state index in [0.717, 1.165) is 17.4 Å². The lowest BCUT2D eigenvalue weighted by Crippen LogP contribution is -2.19. The zero-order chi connectivity index (χ0) is 12.6. The van der Waals surface area contributed by atoms with Crippen LogP contribution in [0.15, 0.2) is 29.2 Å².